The average Bonchev–Trinajstić information content (AvgIpc) is 3.54. The number of nitrogens with two attached hydrogens (primary N) is 1. The summed E-state index contributed by atoms with van der Waals surface area (Å²) in [7, 11) is 0. The van der Waals surface area contributed by atoms with Crippen molar-refractivity contribution in [1.82, 2.24) is 10.2 Å². The van der Waals surface area contributed by atoms with E-state index in [4.69, 9.17) is 19.9 Å². The van der Waals surface area contributed by atoms with E-state index in [0.717, 1.165) is 0 Å². The van der Waals surface area contributed by atoms with Crippen LogP contribution in [0.5, 0.6) is 11.5 Å². The van der Waals surface area contributed by atoms with Crippen molar-refractivity contribution in [3.63, 3.8) is 0 Å². The van der Waals surface area contributed by atoms with Crippen LogP contribution in [0.3, 0.4) is 0 Å². The Labute approximate surface area is 213 Å². The lowest BCUT2D eigenvalue weighted by Gasteiger charge is -2.40. The SMILES string of the molecule is CC[C@]1(C)CC(=O)N([C@@H]2CCOc3ccc(C(=O)N[C@@H]4c5cc(F)ccc5OC5(C)O[C@@H]45)cc32)C(N)=N1. The molecule has 6 rings (SSSR count). The number of nitrogens with zero attached hydrogens (tertiary/aromatic N) is 2. The fourth-order valence-electron chi connectivity index (χ4n) is 5.52. The summed E-state index contributed by atoms with van der Waals surface area (Å²) in [5.41, 5.74) is 7.37. The highest BCUT2D eigenvalue weighted by molar-refractivity contribution is 6.00. The fraction of sp³-hybridized carbons (Fsp3) is 0.444. The fourth-order valence-corrected chi connectivity index (χ4v) is 5.52. The molecule has 5 atom stereocenters. The summed E-state index contributed by atoms with van der Waals surface area (Å²) in [6.45, 7) is 6.10. The Kier molecular flexibility index (Phi) is 5.24. The molecule has 0 radical (unpaired) electrons. The minimum absolute atomic E-state index is 0.101. The molecule has 1 unspecified atom stereocenters. The molecule has 0 aliphatic carbocycles. The summed E-state index contributed by atoms with van der Waals surface area (Å²) in [5.74, 6) is -0.514. The van der Waals surface area contributed by atoms with Gasteiger partial charge < -0.3 is 25.3 Å². The third-order valence-electron chi connectivity index (χ3n) is 7.81. The molecule has 0 spiro atoms. The highest BCUT2D eigenvalue weighted by Crippen LogP contribution is 2.52. The first-order valence-electron chi connectivity index (χ1n) is 12.5. The van der Waals surface area contributed by atoms with Crippen LogP contribution in [0.25, 0.3) is 0 Å². The monoisotopic (exact) mass is 508 g/mol. The van der Waals surface area contributed by atoms with Gasteiger partial charge in [-0.25, -0.2) is 9.38 Å². The number of amides is 2. The van der Waals surface area contributed by atoms with Crippen molar-refractivity contribution in [3.8, 4) is 11.5 Å². The predicted octanol–water partition coefficient (Wildman–Crippen LogP) is 3.34. The number of nitrogens with one attached hydrogen (secondary N) is 1. The van der Waals surface area contributed by atoms with Gasteiger partial charge in [0.25, 0.3) is 5.91 Å². The van der Waals surface area contributed by atoms with Crippen molar-refractivity contribution < 1.29 is 28.2 Å². The quantitative estimate of drug-likeness (QED) is 0.612. The smallest absolute Gasteiger partial charge is 0.251 e. The molecule has 0 saturated carbocycles. The van der Waals surface area contributed by atoms with E-state index < -0.39 is 35.3 Å². The Hall–Kier alpha value is -3.66. The van der Waals surface area contributed by atoms with Crippen LogP contribution in [-0.4, -0.2) is 46.7 Å². The number of halogens is 1. The molecule has 4 aliphatic heterocycles. The Morgan fingerprint density at radius 3 is 2.76 bits per heavy atom. The molecular weight excluding hydrogens is 479 g/mol. The second-order valence-electron chi connectivity index (χ2n) is 10.5. The maximum absolute atomic E-state index is 14.0. The summed E-state index contributed by atoms with van der Waals surface area (Å²) in [4.78, 5) is 32.7. The molecule has 10 heteroatoms. The van der Waals surface area contributed by atoms with Crippen molar-refractivity contribution in [2.24, 2.45) is 10.7 Å². The molecule has 9 nitrogen and oxygen atoms in total. The Morgan fingerprint density at radius 2 is 2.00 bits per heavy atom. The molecule has 0 bridgehead atoms. The molecule has 0 aromatic heterocycles. The maximum atomic E-state index is 14.0. The first kappa shape index (κ1) is 23.7. The third kappa shape index (κ3) is 3.90. The van der Waals surface area contributed by atoms with Gasteiger partial charge in [0.2, 0.25) is 11.7 Å². The van der Waals surface area contributed by atoms with Crippen LogP contribution in [0, 0.1) is 5.82 Å². The van der Waals surface area contributed by atoms with Crippen LogP contribution < -0.4 is 20.5 Å². The lowest BCUT2D eigenvalue weighted by molar-refractivity contribution is -0.131. The van der Waals surface area contributed by atoms with Crippen molar-refractivity contribution in [2.75, 3.05) is 6.61 Å². The minimum Gasteiger partial charge on any atom is -0.493 e. The Morgan fingerprint density at radius 1 is 1.22 bits per heavy atom. The zero-order valence-electron chi connectivity index (χ0n) is 20.9. The standard InChI is InChI=1S/C27H29FN4O5/c1-4-26(2)13-21(33)32(25(29)31-26)18-9-10-35-19-7-5-14(11-16(18)19)24(34)30-22-17-12-15(28)6-8-20(17)36-27(3)23(22)37-27/h5-8,11-12,18,22-23H,4,9-10,13H2,1-3H3,(H2,29,31)(H,30,34)/t18-,22-,23+,26-,27?/m1/s1. The Balaban J connectivity index is 1.30. The van der Waals surface area contributed by atoms with Gasteiger partial charge in [-0.15, -0.1) is 0 Å². The van der Waals surface area contributed by atoms with Crippen molar-refractivity contribution in [2.45, 2.75) is 69.5 Å². The largest absolute Gasteiger partial charge is 0.493 e. The van der Waals surface area contributed by atoms with Gasteiger partial charge in [0.15, 0.2) is 12.1 Å². The number of hydrogen-bond donors (Lipinski definition) is 2. The van der Waals surface area contributed by atoms with Crippen LogP contribution >= 0.6 is 0 Å². The molecular formula is C27H29FN4O5. The Bertz CT molecular complexity index is 1350. The van der Waals surface area contributed by atoms with E-state index in [2.05, 4.69) is 10.3 Å². The molecule has 4 aliphatic rings. The lowest BCUT2D eigenvalue weighted by atomic mass is 9.90. The third-order valence-corrected chi connectivity index (χ3v) is 7.81. The van der Waals surface area contributed by atoms with Gasteiger partial charge in [-0.05, 0) is 49.7 Å². The second kappa shape index (κ2) is 8.17. The van der Waals surface area contributed by atoms with E-state index >= 15 is 0 Å². The van der Waals surface area contributed by atoms with E-state index in [-0.39, 0.29) is 24.2 Å². The number of guanidine groups is 1. The lowest BCUT2D eigenvalue weighted by Crippen LogP contribution is -2.52. The summed E-state index contributed by atoms with van der Waals surface area (Å²) in [6, 6.07) is 8.34. The first-order valence-corrected chi connectivity index (χ1v) is 12.5. The van der Waals surface area contributed by atoms with Gasteiger partial charge >= 0.3 is 0 Å². The topological polar surface area (TPSA) is 119 Å². The second-order valence-corrected chi connectivity index (χ2v) is 10.5. The van der Waals surface area contributed by atoms with Gasteiger partial charge in [0.05, 0.1) is 30.7 Å². The predicted molar refractivity (Wildman–Crippen MR) is 132 cm³/mol. The normalized spacial score (nSPS) is 31.7. The molecule has 1 fully saturated rings. The number of rotatable bonds is 4. The number of hydrogen-bond acceptors (Lipinski definition) is 7. The van der Waals surface area contributed by atoms with Gasteiger partial charge in [-0.1, -0.05) is 6.92 Å². The summed E-state index contributed by atoms with van der Waals surface area (Å²) < 4.78 is 31.4. The number of benzene rings is 2. The molecule has 37 heavy (non-hydrogen) atoms. The first-order chi connectivity index (χ1) is 17.6. The zero-order valence-corrected chi connectivity index (χ0v) is 20.9. The summed E-state index contributed by atoms with van der Waals surface area (Å²) in [5, 5.41) is 2.99. The van der Waals surface area contributed by atoms with Crippen LogP contribution in [0.1, 0.15) is 73.6 Å². The average molecular weight is 509 g/mol. The molecule has 2 amide bonds. The number of carbonyl (C=O) groups excluding carboxylic acids is 2. The minimum atomic E-state index is -0.865. The number of epoxide rings is 1. The zero-order chi connectivity index (χ0) is 26.1. The number of fused-ring (bicyclic) bond motifs is 3. The maximum Gasteiger partial charge on any atom is 0.251 e. The van der Waals surface area contributed by atoms with Crippen LogP contribution in [-0.2, 0) is 9.53 Å². The molecule has 3 N–H and O–H groups in total. The number of carbonyl (C=O) groups is 2. The highest BCUT2D eigenvalue weighted by atomic mass is 19.1. The van der Waals surface area contributed by atoms with E-state index in [1.807, 2.05) is 13.8 Å². The highest BCUT2D eigenvalue weighted by Gasteiger charge is 2.63. The van der Waals surface area contributed by atoms with Gasteiger partial charge in [-0.2, -0.15) is 0 Å². The molecule has 2 aromatic rings. The van der Waals surface area contributed by atoms with E-state index in [1.54, 1.807) is 31.2 Å². The van der Waals surface area contributed by atoms with Gasteiger partial charge in [-0.3, -0.25) is 14.5 Å². The van der Waals surface area contributed by atoms with E-state index in [1.165, 1.54) is 17.0 Å². The van der Waals surface area contributed by atoms with Crippen LogP contribution in [0.4, 0.5) is 4.39 Å². The van der Waals surface area contributed by atoms with E-state index in [9.17, 15) is 14.0 Å². The molecule has 4 heterocycles. The van der Waals surface area contributed by atoms with E-state index in [0.29, 0.717) is 47.6 Å². The van der Waals surface area contributed by atoms with Crippen molar-refractivity contribution >= 4 is 17.8 Å². The number of aliphatic imine (C=N–C) groups is 1. The number of ether oxygens (including phenoxy) is 3. The molecule has 1 saturated heterocycles. The molecule has 194 valence electrons. The summed E-state index contributed by atoms with van der Waals surface area (Å²) >= 11 is 0. The summed E-state index contributed by atoms with van der Waals surface area (Å²) in [6.07, 6.45) is 1.04. The van der Waals surface area contributed by atoms with Gasteiger partial charge in [0.1, 0.15) is 17.3 Å². The van der Waals surface area contributed by atoms with Crippen molar-refractivity contribution in [3.05, 3.63) is 58.9 Å². The molecule has 2 aromatic carbocycles. The van der Waals surface area contributed by atoms with Gasteiger partial charge in [0, 0.05) is 30.0 Å². The van der Waals surface area contributed by atoms with Crippen LogP contribution in [0.15, 0.2) is 41.4 Å². The van der Waals surface area contributed by atoms with Crippen molar-refractivity contribution in [1.29, 1.82) is 0 Å². The van der Waals surface area contributed by atoms with Crippen LogP contribution in [0.2, 0.25) is 0 Å².